The van der Waals surface area contributed by atoms with E-state index >= 15 is 0 Å². The van der Waals surface area contributed by atoms with E-state index in [1.165, 1.54) is 79.9 Å². The summed E-state index contributed by atoms with van der Waals surface area (Å²) in [5.41, 5.74) is 6.67. The Labute approximate surface area is 398 Å². The number of esters is 1. The minimum atomic E-state index is -0.531. The maximum absolute atomic E-state index is 12.6. The molecular weight excluding hydrogens is 785 g/mol. The van der Waals surface area contributed by atoms with Gasteiger partial charge in [-0.05, 0) is 125 Å². The van der Waals surface area contributed by atoms with Crippen LogP contribution in [0.1, 0.15) is 224 Å². The van der Waals surface area contributed by atoms with Crippen LogP contribution >= 0.6 is 0 Å². The van der Waals surface area contributed by atoms with Gasteiger partial charge in [0.25, 0.3) is 0 Å². The molecule has 2 aromatic carbocycles. The standard InChI is InChI=1S/C23H38.C19H32.C18H34O4/c1-8-9-10-11-12-13-19-14-16-20(17-15-19)21(23(5,6)7)18-22(2,3)4;1-8-9-15-10-12-16(13-11-15)17(19(5,6)7)14-18(2,3)4;1-9-20-10-11-21-12-13-22-15(19)18(8,17(5,6)7)14-16(2,3)4/h8,14-17,21H,1,9-13,18H2,2-7H3;10-13,17H,8-9,14H2,1-7H3;9H,1,10-14H2,2-8H3. The summed E-state index contributed by atoms with van der Waals surface area (Å²) >= 11 is 0. The normalized spacial score (nSPS) is 14.4. The van der Waals surface area contributed by atoms with Crippen LogP contribution in [0, 0.1) is 37.9 Å². The summed E-state index contributed by atoms with van der Waals surface area (Å²) in [7, 11) is 0. The molecule has 0 aliphatic rings. The molecule has 368 valence electrons. The van der Waals surface area contributed by atoms with Crippen molar-refractivity contribution in [1.29, 1.82) is 0 Å². The smallest absolute Gasteiger partial charge is 0.312 e. The van der Waals surface area contributed by atoms with Gasteiger partial charge in [-0.1, -0.05) is 206 Å². The number of carbonyl (C=O) groups excluding carboxylic acids is 1. The molecule has 4 nitrogen and oxygen atoms in total. The highest BCUT2D eigenvalue weighted by atomic mass is 16.6. The Kier molecular flexibility index (Phi) is 26.5. The van der Waals surface area contributed by atoms with Crippen LogP contribution in [0.25, 0.3) is 0 Å². The minimum absolute atomic E-state index is 0.0551. The molecule has 0 amide bonds. The van der Waals surface area contributed by atoms with E-state index in [4.69, 9.17) is 14.2 Å². The Morgan fingerprint density at radius 2 is 1.00 bits per heavy atom. The average molecular weight is 889 g/mol. The fourth-order valence-corrected chi connectivity index (χ4v) is 8.34. The monoisotopic (exact) mass is 889 g/mol. The summed E-state index contributed by atoms with van der Waals surface area (Å²) in [6.45, 7) is 54.0. The molecule has 0 N–H and O–H groups in total. The van der Waals surface area contributed by atoms with Gasteiger partial charge in [-0.25, -0.2) is 0 Å². The van der Waals surface area contributed by atoms with Crippen molar-refractivity contribution in [2.75, 3.05) is 26.4 Å². The first-order chi connectivity index (χ1) is 29.2. The highest BCUT2D eigenvalue weighted by Gasteiger charge is 2.47. The van der Waals surface area contributed by atoms with Crippen LogP contribution in [-0.4, -0.2) is 32.4 Å². The van der Waals surface area contributed by atoms with Crippen molar-refractivity contribution in [3.8, 4) is 0 Å². The summed E-state index contributed by atoms with van der Waals surface area (Å²) in [4.78, 5) is 12.6. The van der Waals surface area contributed by atoms with E-state index in [9.17, 15) is 4.79 Å². The zero-order valence-corrected chi connectivity index (χ0v) is 45.9. The second-order valence-corrected chi connectivity index (χ2v) is 25.6. The van der Waals surface area contributed by atoms with Crippen molar-refractivity contribution in [3.63, 3.8) is 0 Å². The number of ether oxygens (including phenoxy) is 3. The van der Waals surface area contributed by atoms with Crippen molar-refractivity contribution in [3.05, 3.63) is 96.3 Å². The number of rotatable bonds is 21. The average Bonchev–Trinajstić information content (AvgIpc) is 3.14. The van der Waals surface area contributed by atoms with Gasteiger partial charge in [0.2, 0.25) is 0 Å². The van der Waals surface area contributed by atoms with Gasteiger partial charge in [0.15, 0.2) is 0 Å². The van der Waals surface area contributed by atoms with E-state index in [0.29, 0.717) is 53.3 Å². The molecule has 3 unspecified atom stereocenters. The van der Waals surface area contributed by atoms with Gasteiger partial charge < -0.3 is 14.2 Å². The SMILES string of the molecule is C=CCCCCCc1ccc(C(CC(C)(C)C)C(C)(C)C)cc1.C=COCCOCCOC(=O)C(C)(CC(C)(C)C)C(C)(C)C.CCCc1ccc(C(CC(C)(C)C)C(C)(C)C)cc1. The zero-order chi connectivity index (χ0) is 49.6. The van der Waals surface area contributed by atoms with Crippen molar-refractivity contribution < 1.29 is 19.0 Å². The quantitative estimate of drug-likeness (QED) is 0.0542. The number of unbranched alkanes of at least 4 members (excludes halogenated alkanes) is 3. The molecule has 2 aromatic rings. The first-order valence-electron chi connectivity index (χ1n) is 25.0. The van der Waals surface area contributed by atoms with Gasteiger partial charge in [0.05, 0.1) is 24.9 Å². The Hall–Kier alpha value is -2.85. The molecule has 4 heteroatoms. The van der Waals surface area contributed by atoms with Gasteiger partial charge >= 0.3 is 5.97 Å². The predicted octanol–water partition coefficient (Wildman–Crippen LogP) is 17.9. The molecule has 0 bridgehead atoms. The summed E-state index contributed by atoms with van der Waals surface area (Å²) in [6.07, 6.45) is 15.3. The maximum atomic E-state index is 12.6. The van der Waals surface area contributed by atoms with Crippen LogP contribution in [0.3, 0.4) is 0 Å². The molecular formula is C60H104O4. The number of aryl methyl sites for hydroxylation is 2. The van der Waals surface area contributed by atoms with E-state index in [1.54, 1.807) is 0 Å². The number of carbonyl (C=O) groups is 1. The van der Waals surface area contributed by atoms with Crippen LogP contribution < -0.4 is 0 Å². The third-order valence-corrected chi connectivity index (χ3v) is 12.3. The first kappa shape index (κ1) is 61.1. The molecule has 0 heterocycles. The molecule has 0 radical (unpaired) electrons. The van der Waals surface area contributed by atoms with Crippen LogP contribution in [0.15, 0.2) is 74.0 Å². The minimum Gasteiger partial charge on any atom is -0.499 e. The summed E-state index contributed by atoms with van der Waals surface area (Å²) in [5, 5.41) is 0. The molecule has 3 atom stereocenters. The van der Waals surface area contributed by atoms with E-state index in [1.807, 2.05) is 13.0 Å². The number of hydrogen-bond acceptors (Lipinski definition) is 4. The molecule has 0 fully saturated rings. The Morgan fingerprint density at radius 1 is 0.562 bits per heavy atom. The molecule has 64 heavy (non-hydrogen) atoms. The fourth-order valence-electron chi connectivity index (χ4n) is 8.34. The van der Waals surface area contributed by atoms with Gasteiger partial charge in [0, 0.05) is 0 Å². The third-order valence-electron chi connectivity index (χ3n) is 12.3. The lowest BCUT2D eigenvalue weighted by molar-refractivity contribution is -0.166. The third kappa shape index (κ3) is 26.3. The van der Waals surface area contributed by atoms with Gasteiger partial charge in [-0.2, -0.15) is 0 Å². The lowest BCUT2D eigenvalue weighted by atomic mass is 9.61. The van der Waals surface area contributed by atoms with Crippen molar-refractivity contribution >= 4 is 5.97 Å². The van der Waals surface area contributed by atoms with E-state index in [2.05, 4.69) is 193 Å². The molecule has 0 aliphatic heterocycles. The molecule has 0 saturated heterocycles. The molecule has 2 rings (SSSR count). The first-order valence-corrected chi connectivity index (χ1v) is 25.0. The summed E-state index contributed by atoms with van der Waals surface area (Å²) in [6, 6.07) is 18.8. The largest absolute Gasteiger partial charge is 0.499 e. The van der Waals surface area contributed by atoms with E-state index < -0.39 is 5.41 Å². The van der Waals surface area contributed by atoms with Crippen LogP contribution in [0.4, 0.5) is 0 Å². The van der Waals surface area contributed by atoms with E-state index in [-0.39, 0.29) is 23.4 Å². The van der Waals surface area contributed by atoms with Crippen LogP contribution in [0.2, 0.25) is 0 Å². The van der Waals surface area contributed by atoms with Crippen LogP contribution in [0.5, 0.6) is 0 Å². The molecule has 0 aliphatic carbocycles. The zero-order valence-electron chi connectivity index (χ0n) is 45.9. The van der Waals surface area contributed by atoms with Crippen LogP contribution in [-0.2, 0) is 31.8 Å². The lowest BCUT2D eigenvalue weighted by Gasteiger charge is -2.43. The van der Waals surface area contributed by atoms with Crippen molar-refractivity contribution in [1.82, 2.24) is 0 Å². The highest BCUT2D eigenvalue weighted by Crippen LogP contribution is 2.48. The summed E-state index contributed by atoms with van der Waals surface area (Å²) in [5.74, 6) is 1.09. The summed E-state index contributed by atoms with van der Waals surface area (Å²) < 4.78 is 15.7. The number of allylic oxidation sites excluding steroid dienone is 1. The second-order valence-electron chi connectivity index (χ2n) is 25.6. The maximum Gasteiger partial charge on any atom is 0.312 e. The van der Waals surface area contributed by atoms with Crippen molar-refractivity contribution in [2.24, 2.45) is 37.9 Å². The molecule has 0 spiro atoms. The predicted molar refractivity (Wildman–Crippen MR) is 281 cm³/mol. The van der Waals surface area contributed by atoms with Crippen molar-refractivity contribution in [2.45, 2.75) is 215 Å². The molecule has 0 aromatic heterocycles. The Balaban J connectivity index is 0.000000934. The van der Waals surface area contributed by atoms with Gasteiger partial charge in [-0.15, -0.1) is 6.58 Å². The molecule has 0 saturated carbocycles. The number of hydrogen-bond donors (Lipinski definition) is 0. The lowest BCUT2D eigenvalue weighted by Crippen LogP contribution is -2.44. The van der Waals surface area contributed by atoms with Gasteiger partial charge in [0.1, 0.15) is 13.2 Å². The highest BCUT2D eigenvalue weighted by molar-refractivity contribution is 5.77. The Morgan fingerprint density at radius 3 is 1.36 bits per heavy atom. The van der Waals surface area contributed by atoms with E-state index in [0.717, 1.165) is 12.8 Å². The topological polar surface area (TPSA) is 44.8 Å². The number of benzene rings is 2. The second kappa shape index (κ2) is 27.7. The fraction of sp³-hybridized carbons (Fsp3) is 0.717. The Bertz CT molecular complexity index is 1560. The van der Waals surface area contributed by atoms with Gasteiger partial charge in [-0.3, -0.25) is 4.79 Å².